The molecule has 1 unspecified atom stereocenters. The van der Waals surface area contributed by atoms with Gasteiger partial charge >= 0.3 is 12.1 Å². The summed E-state index contributed by atoms with van der Waals surface area (Å²) in [6.45, 7) is 11.3. The second-order valence-electron chi connectivity index (χ2n) is 7.14. The fourth-order valence-electron chi connectivity index (χ4n) is 1.60. The molecule has 2 N–H and O–H groups in total. The minimum atomic E-state index is -1.11. The Morgan fingerprint density at radius 3 is 2.32 bits per heavy atom. The number of aliphatic carboxylic acids is 1. The van der Waals surface area contributed by atoms with Crippen molar-refractivity contribution in [2.75, 3.05) is 0 Å². The maximum atomic E-state index is 11.7. The Bertz CT molecular complexity index is 540. The van der Waals surface area contributed by atoms with Gasteiger partial charge < -0.3 is 15.2 Å². The van der Waals surface area contributed by atoms with Crippen molar-refractivity contribution in [2.45, 2.75) is 65.0 Å². The van der Waals surface area contributed by atoms with Gasteiger partial charge in [0.2, 0.25) is 0 Å². The lowest BCUT2D eigenvalue weighted by Crippen LogP contribution is -2.44. The van der Waals surface area contributed by atoms with Crippen LogP contribution in [-0.4, -0.2) is 33.8 Å². The summed E-state index contributed by atoms with van der Waals surface area (Å²) in [6, 6.07) is -1.07. The first kappa shape index (κ1) is 18.4. The lowest BCUT2D eigenvalue weighted by Gasteiger charge is -2.21. The highest BCUT2D eigenvalue weighted by atomic mass is 32.1. The lowest BCUT2D eigenvalue weighted by atomic mass is 9.98. The van der Waals surface area contributed by atoms with E-state index in [1.54, 1.807) is 20.8 Å². The van der Waals surface area contributed by atoms with E-state index < -0.39 is 23.7 Å². The van der Waals surface area contributed by atoms with Gasteiger partial charge in [-0.15, -0.1) is 11.3 Å². The highest BCUT2D eigenvalue weighted by Crippen LogP contribution is 2.26. The molecule has 0 bridgehead atoms. The van der Waals surface area contributed by atoms with E-state index in [9.17, 15) is 14.7 Å². The third-order valence-electron chi connectivity index (χ3n) is 2.60. The predicted octanol–water partition coefficient (Wildman–Crippen LogP) is 2.96. The Morgan fingerprint density at radius 1 is 1.32 bits per heavy atom. The van der Waals surface area contributed by atoms with Gasteiger partial charge in [0.15, 0.2) is 0 Å². The Labute approximate surface area is 134 Å². The predicted molar refractivity (Wildman–Crippen MR) is 85.3 cm³/mol. The van der Waals surface area contributed by atoms with E-state index in [0.717, 1.165) is 5.01 Å². The minimum Gasteiger partial charge on any atom is -0.480 e. The lowest BCUT2D eigenvalue weighted by molar-refractivity contribution is -0.139. The fraction of sp³-hybridized carbons (Fsp3) is 0.667. The standard InChI is InChI=1S/C15H24N2O4S/c1-14(2,3)12-16-9(8-22-12)7-10(11(18)19)17-13(20)21-15(4,5)6/h8,10H,7H2,1-6H3,(H,17,20)(H,18,19). The summed E-state index contributed by atoms with van der Waals surface area (Å²) in [5, 5.41) is 14.4. The van der Waals surface area contributed by atoms with Crippen molar-refractivity contribution in [2.24, 2.45) is 0 Å². The van der Waals surface area contributed by atoms with E-state index in [1.807, 2.05) is 26.2 Å². The zero-order chi connectivity index (χ0) is 17.1. The molecule has 1 rings (SSSR count). The maximum Gasteiger partial charge on any atom is 0.408 e. The number of carboxylic acid groups (broad SMARTS) is 1. The number of carbonyl (C=O) groups excluding carboxylic acids is 1. The number of nitrogens with one attached hydrogen (secondary N) is 1. The molecule has 0 saturated carbocycles. The normalized spacial score (nSPS) is 13.5. The molecular formula is C15H24N2O4S. The number of alkyl carbamates (subject to hydrolysis) is 1. The van der Waals surface area contributed by atoms with Crippen LogP contribution >= 0.6 is 11.3 Å². The van der Waals surface area contributed by atoms with Gasteiger partial charge in [0, 0.05) is 17.2 Å². The van der Waals surface area contributed by atoms with Crippen molar-refractivity contribution in [1.82, 2.24) is 10.3 Å². The van der Waals surface area contributed by atoms with Gasteiger partial charge in [-0.05, 0) is 20.8 Å². The molecule has 1 aromatic heterocycles. The summed E-state index contributed by atoms with van der Waals surface area (Å²) in [5.41, 5.74) is -0.105. The van der Waals surface area contributed by atoms with Crippen LogP contribution in [0.3, 0.4) is 0 Å². The number of amides is 1. The van der Waals surface area contributed by atoms with Crippen LogP contribution in [0.1, 0.15) is 52.2 Å². The number of nitrogens with zero attached hydrogens (tertiary/aromatic N) is 1. The van der Waals surface area contributed by atoms with Gasteiger partial charge in [0.1, 0.15) is 11.6 Å². The summed E-state index contributed by atoms with van der Waals surface area (Å²) >= 11 is 1.49. The van der Waals surface area contributed by atoms with Crippen LogP contribution in [0.15, 0.2) is 5.38 Å². The average molecular weight is 328 g/mol. The molecule has 124 valence electrons. The van der Waals surface area contributed by atoms with Crippen LogP contribution in [0.25, 0.3) is 0 Å². The van der Waals surface area contributed by atoms with E-state index in [1.165, 1.54) is 11.3 Å². The number of ether oxygens (including phenoxy) is 1. The SMILES string of the molecule is CC(C)(C)OC(=O)NC(Cc1csc(C(C)(C)C)n1)C(=O)O. The number of rotatable bonds is 4. The highest BCUT2D eigenvalue weighted by molar-refractivity contribution is 7.09. The molecule has 1 amide bonds. The molecule has 0 aliphatic carbocycles. The van der Waals surface area contributed by atoms with Crippen LogP contribution in [-0.2, 0) is 21.4 Å². The quantitative estimate of drug-likeness (QED) is 0.887. The van der Waals surface area contributed by atoms with Gasteiger partial charge in [-0.25, -0.2) is 14.6 Å². The van der Waals surface area contributed by atoms with Crippen LogP contribution in [0.5, 0.6) is 0 Å². The van der Waals surface area contributed by atoms with Crippen LogP contribution in [0.4, 0.5) is 4.79 Å². The van der Waals surface area contributed by atoms with Gasteiger partial charge in [-0.1, -0.05) is 20.8 Å². The van der Waals surface area contributed by atoms with Crippen molar-refractivity contribution in [1.29, 1.82) is 0 Å². The molecule has 7 heteroatoms. The molecule has 22 heavy (non-hydrogen) atoms. The molecular weight excluding hydrogens is 304 g/mol. The van der Waals surface area contributed by atoms with Crippen LogP contribution in [0, 0.1) is 0 Å². The third-order valence-corrected chi connectivity index (χ3v) is 3.91. The molecule has 0 fully saturated rings. The number of hydrogen-bond donors (Lipinski definition) is 2. The summed E-state index contributed by atoms with van der Waals surface area (Å²) in [5.74, 6) is -1.11. The molecule has 0 spiro atoms. The molecule has 1 atom stereocenters. The average Bonchev–Trinajstić information content (AvgIpc) is 2.73. The zero-order valence-electron chi connectivity index (χ0n) is 13.9. The fourth-order valence-corrected chi connectivity index (χ4v) is 2.52. The second-order valence-corrected chi connectivity index (χ2v) is 7.99. The van der Waals surface area contributed by atoms with Crippen molar-refractivity contribution in [3.63, 3.8) is 0 Å². The molecule has 0 saturated heterocycles. The molecule has 0 aliphatic heterocycles. The zero-order valence-corrected chi connectivity index (χ0v) is 14.7. The van der Waals surface area contributed by atoms with Gasteiger partial charge in [0.25, 0.3) is 0 Å². The first-order chi connectivity index (χ1) is 9.88. The largest absolute Gasteiger partial charge is 0.480 e. The Balaban J connectivity index is 2.75. The van der Waals surface area contributed by atoms with Crippen molar-refractivity contribution in [3.8, 4) is 0 Å². The topological polar surface area (TPSA) is 88.5 Å². The molecule has 6 nitrogen and oxygen atoms in total. The Morgan fingerprint density at radius 2 is 1.91 bits per heavy atom. The summed E-state index contributed by atoms with van der Waals surface area (Å²) in [7, 11) is 0. The third kappa shape index (κ3) is 6.01. The maximum absolute atomic E-state index is 11.7. The summed E-state index contributed by atoms with van der Waals surface area (Å²) in [6.07, 6.45) is -0.618. The summed E-state index contributed by atoms with van der Waals surface area (Å²) in [4.78, 5) is 27.5. The highest BCUT2D eigenvalue weighted by Gasteiger charge is 2.26. The van der Waals surface area contributed by atoms with E-state index in [0.29, 0.717) is 5.69 Å². The van der Waals surface area contributed by atoms with Crippen LogP contribution < -0.4 is 5.32 Å². The molecule has 1 aromatic rings. The van der Waals surface area contributed by atoms with E-state index in [2.05, 4.69) is 10.3 Å². The Kier molecular flexibility index (Phi) is 5.56. The van der Waals surface area contributed by atoms with Crippen molar-refractivity contribution >= 4 is 23.4 Å². The number of hydrogen-bond acceptors (Lipinski definition) is 5. The van der Waals surface area contributed by atoms with Crippen molar-refractivity contribution < 1.29 is 19.4 Å². The van der Waals surface area contributed by atoms with Gasteiger partial charge in [0.05, 0.1) is 10.7 Å². The smallest absolute Gasteiger partial charge is 0.408 e. The molecule has 0 radical (unpaired) electrons. The van der Waals surface area contributed by atoms with Crippen molar-refractivity contribution in [3.05, 3.63) is 16.1 Å². The molecule has 0 aliphatic rings. The number of aromatic nitrogens is 1. The number of carboxylic acids is 1. The number of carbonyl (C=O) groups is 2. The first-order valence-electron chi connectivity index (χ1n) is 7.05. The molecule has 1 heterocycles. The van der Waals surface area contributed by atoms with Crippen LogP contribution in [0.2, 0.25) is 0 Å². The van der Waals surface area contributed by atoms with Gasteiger partial charge in [-0.2, -0.15) is 0 Å². The minimum absolute atomic E-state index is 0.0831. The van der Waals surface area contributed by atoms with Gasteiger partial charge in [-0.3, -0.25) is 0 Å². The first-order valence-corrected chi connectivity index (χ1v) is 7.93. The van der Waals surface area contributed by atoms with E-state index in [4.69, 9.17) is 4.74 Å². The monoisotopic (exact) mass is 328 g/mol. The molecule has 0 aromatic carbocycles. The number of thiazole rings is 1. The second kappa shape index (κ2) is 6.64. The van der Waals surface area contributed by atoms with E-state index in [-0.39, 0.29) is 11.8 Å². The Hall–Kier alpha value is -1.63. The van der Waals surface area contributed by atoms with E-state index >= 15 is 0 Å². The summed E-state index contributed by atoms with van der Waals surface area (Å²) < 4.78 is 5.08.